The van der Waals surface area contributed by atoms with Crippen LogP contribution >= 0.6 is 35.3 Å². The number of aromatic nitrogens is 3. The standard InChI is InChI=1S/C58H57N5O5S3/c1-55(2,3)44-33-38(34-45(49(44)64)56(4,5)6)35-59-58(67-7)52(66)63-48(51(65)68-50(39-23-13-8-14-24-39)40-25-15-9-16-26-40)46(37-69-53(58)63)70-54(71-47-36-60-62-61-47)57(41-27-17-10-18-28-41,42-29-19-11-20-30-42)43-31-21-12-22-32-43/h8-36,50,53-54,64H,37H2,1-7H3,(H,60,61,62)/t53-,54?,58-/m0/s1. The zero-order valence-corrected chi connectivity index (χ0v) is 43.2. The molecular formula is C58H57N5O5S3. The minimum Gasteiger partial charge on any atom is -0.507 e. The number of rotatable bonds is 15. The molecule has 2 aliphatic heterocycles. The fourth-order valence-electron chi connectivity index (χ4n) is 9.41. The Hall–Kier alpha value is -6.38. The van der Waals surface area contributed by atoms with E-state index in [1.807, 2.05) is 127 Å². The first kappa shape index (κ1) is 49.6. The molecule has 1 saturated heterocycles. The number of benzene rings is 6. The van der Waals surface area contributed by atoms with Gasteiger partial charge in [-0.15, -0.1) is 28.6 Å². The first-order chi connectivity index (χ1) is 34.2. The van der Waals surface area contributed by atoms with Gasteiger partial charge in [0, 0.05) is 35.1 Å². The van der Waals surface area contributed by atoms with Gasteiger partial charge in [-0.3, -0.25) is 9.69 Å². The third kappa shape index (κ3) is 9.60. The molecule has 3 heterocycles. The number of carbonyl (C=O) groups is 2. The molecule has 2 N–H and O–H groups in total. The van der Waals surface area contributed by atoms with E-state index in [2.05, 4.69) is 93.4 Å². The van der Waals surface area contributed by atoms with Crippen LogP contribution in [0.2, 0.25) is 0 Å². The molecule has 1 aromatic heterocycles. The Labute approximate surface area is 428 Å². The van der Waals surface area contributed by atoms with Gasteiger partial charge in [0.15, 0.2) is 6.10 Å². The molecule has 2 aliphatic rings. The number of amides is 1. The van der Waals surface area contributed by atoms with E-state index >= 15 is 9.59 Å². The van der Waals surface area contributed by atoms with Crippen LogP contribution in [0.15, 0.2) is 191 Å². The number of ether oxygens (including phenoxy) is 2. The number of phenolic OH excluding ortho intramolecular Hbond substituents is 1. The Morgan fingerprint density at radius 3 is 1.69 bits per heavy atom. The smallest absolute Gasteiger partial charge is 0.356 e. The number of hydrogen-bond acceptors (Lipinski definition) is 11. The summed E-state index contributed by atoms with van der Waals surface area (Å²) >= 11 is 4.54. The van der Waals surface area contributed by atoms with E-state index in [1.54, 1.807) is 12.4 Å². The summed E-state index contributed by atoms with van der Waals surface area (Å²) in [4.78, 5) is 38.1. The van der Waals surface area contributed by atoms with Crippen LogP contribution in [0.5, 0.6) is 5.75 Å². The van der Waals surface area contributed by atoms with Gasteiger partial charge in [-0.05, 0) is 56.3 Å². The van der Waals surface area contributed by atoms with Crippen LogP contribution < -0.4 is 0 Å². The molecule has 13 heteroatoms. The number of fused-ring (bicyclic) bond motifs is 1. The lowest BCUT2D eigenvalue weighted by Gasteiger charge is -2.54. The molecule has 7 aromatic rings. The zero-order chi connectivity index (χ0) is 50.0. The first-order valence-corrected chi connectivity index (χ1v) is 26.3. The van der Waals surface area contributed by atoms with Crippen molar-refractivity contribution in [3.05, 3.63) is 225 Å². The number of aromatic amines is 1. The highest BCUT2D eigenvalue weighted by molar-refractivity contribution is 8.19. The summed E-state index contributed by atoms with van der Waals surface area (Å²) in [5, 5.41) is 23.0. The molecule has 0 bridgehead atoms. The number of aromatic hydroxyl groups is 1. The fourth-order valence-corrected chi connectivity index (χ4v) is 14.2. The van der Waals surface area contributed by atoms with Crippen LogP contribution in [0, 0.1) is 0 Å². The quantitative estimate of drug-likeness (QED) is 0.0256. The highest BCUT2D eigenvalue weighted by Crippen LogP contribution is 2.58. The zero-order valence-electron chi connectivity index (χ0n) is 40.8. The Morgan fingerprint density at radius 2 is 1.25 bits per heavy atom. The van der Waals surface area contributed by atoms with Crippen molar-refractivity contribution in [3.63, 3.8) is 0 Å². The molecular weight excluding hydrogens is 943 g/mol. The Balaban J connectivity index is 1.22. The maximum atomic E-state index is 15.6. The third-order valence-electron chi connectivity index (χ3n) is 13.0. The van der Waals surface area contributed by atoms with Crippen molar-refractivity contribution in [3.8, 4) is 5.75 Å². The molecule has 6 aromatic carbocycles. The maximum Gasteiger partial charge on any atom is 0.356 e. The number of H-pyrrole nitrogens is 1. The van der Waals surface area contributed by atoms with Crippen LogP contribution in [0.25, 0.3) is 0 Å². The molecule has 1 unspecified atom stereocenters. The highest BCUT2D eigenvalue weighted by Gasteiger charge is 2.66. The Bertz CT molecular complexity index is 2860. The maximum absolute atomic E-state index is 15.6. The number of hydrogen-bond donors (Lipinski definition) is 2. The molecule has 71 heavy (non-hydrogen) atoms. The molecule has 0 aliphatic carbocycles. The van der Waals surface area contributed by atoms with Gasteiger partial charge >= 0.3 is 5.97 Å². The van der Waals surface area contributed by atoms with Crippen molar-refractivity contribution < 1.29 is 24.2 Å². The molecule has 1 amide bonds. The number of esters is 1. The van der Waals surface area contributed by atoms with Crippen molar-refractivity contribution >= 4 is 53.4 Å². The van der Waals surface area contributed by atoms with Crippen molar-refractivity contribution in [1.29, 1.82) is 0 Å². The highest BCUT2D eigenvalue weighted by atomic mass is 32.2. The average molecular weight is 1000 g/mol. The first-order valence-electron chi connectivity index (χ1n) is 23.5. The van der Waals surface area contributed by atoms with Gasteiger partial charge in [-0.1, -0.05) is 205 Å². The minimum atomic E-state index is -1.68. The lowest BCUT2D eigenvalue weighted by Crippen LogP contribution is -2.73. The fraction of sp³-hybridized carbons (Fsp3) is 0.259. The second-order valence-corrected chi connectivity index (χ2v) is 23.3. The van der Waals surface area contributed by atoms with Crippen molar-refractivity contribution in [2.24, 2.45) is 4.99 Å². The van der Waals surface area contributed by atoms with Crippen LogP contribution in [-0.4, -0.2) is 72.1 Å². The van der Waals surface area contributed by atoms with Gasteiger partial charge in [-0.25, -0.2) is 9.79 Å². The van der Waals surface area contributed by atoms with E-state index < -0.39 is 39.1 Å². The monoisotopic (exact) mass is 999 g/mol. The van der Waals surface area contributed by atoms with Crippen molar-refractivity contribution in [2.75, 3.05) is 12.9 Å². The van der Waals surface area contributed by atoms with Gasteiger partial charge in [-0.2, -0.15) is 10.3 Å². The van der Waals surface area contributed by atoms with E-state index in [4.69, 9.17) is 14.5 Å². The molecule has 0 saturated carbocycles. The van der Waals surface area contributed by atoms with Crippen LogP contribution in [0.1, 0.15) is 92.2 Å². The summed E-state index contributed by atoms with van der Waals surface area (Å²) in [5.74, 6) is -0.592. The predicted molar refractivity (Wildman–Crippen MR) is 287 cm³/mol. The lowest BCUT2D eigenvalue weighted by molar-refractivity contribution is -0.183. The van der Waals surface area contributed by atoms with Gasteiger partial charge in [0.1, 0.15) is 21.8 Å². The summed E-state index contributed by atoms with van der Waals surface area (Å²) in [6.07, 6.45) is 2.57. The van der Waals surface area contributed by atoms with Crippen LogP contribution in [0.3, 0.4) is 0 Å². The molecule has 0 radical (unpaired) electrons. The summed E-state index contributed by atoms with van der Waals surface area (Å²) in [7, 11) is 1.48. The lowest BCUT2D eigenvalue weighted by atomic mass is 9.70. The number of nitrogens with one attached hydrogen (secondary N) is 1. The largest absolute Gasteiger partial charge is 0.507 e. The predicted octanol–water partition coefficient (Wildman–Crippen LogP) is 12.2. The van der Waals surface area contributed by atoms with Gasteiger partial charge in [0.2, 0.25) is 0 Å². The molecule has 0 spiro atoms. The van der Waals surface area contributed by atoms with Gasteiger partial charge in [0.25, 0.3) is 11.6 Å². The Kier molecular flexibility index (Phi) is 14.2. The average Bonchev–Trinajstić information content (AvgIpc) is 3.90. The Morgan fingerprint density at radius 1 is 0.775 bits per heavy atom. The van der Waals surface area contributed by atoms with E-state index in [0.717, 1.165) is 38.9 Å². The second-order valence-electron chi connectivity index (χ2n) is 19.6. The molecule has 3 atom stereocenters. The SMILES string of the molecule is CO[C@@]1(N=Cc2cc(C(C)(C)C)c(O)c(C(C)(C)C)c2)C(=O)N2C(C(=O)OC(c3ccccc3)c3ccccc3)=C(SC(Sc3cn[nH]n3)C(c3ccccc3)(c3ccccc3)c3ccccc3)CS[C@H]21. The van der Waals surface area contributed by atoms with E-state index in [9.17, 15) is 5.11 Å². The van der Waals surface area contributed by atoms with E-state index in [1.165, 1.54) is 47.3 Å². The minimum absolute atomic E-state index is 0.131. The summed E-state index contributed by atoms with van der Waals surface area (Å²) in [5.41, 5.74) is 3.71. The molecule has 10 nitrogen and oxygen atoms in total. The number of aliphatic imine (C=N–C) groups is 1. The van der Waals surface area contributed by atoms with Gasteiger partial charge in [0.05, 0.1) is 16.2 Å². The van der Waals surface area contributed by atoms with Gasteiger partial charge < -0.3 is 14.6 Å². The topological polar surface area (TPSA) is 130 Å². The normalized spacial score (nSPS) is 17.8. The number of phenols is 1. The number of methoxy groups -OCH3 is 1. The van der Waals surface area contributed by atoms with Crippen LogP contribution in [-0.2, 0) is 35.3 Å². The number of nitrogens with zero attached hydrogens (tertiary/aromatic N) is 4. The van der Waals surface area contributed by atoms with E-state index in [0.29, 0.717) is 21.2 Å². The van der Waals surface area contributed by atoms with Crippen molar-refractivity contribution in [1.82, 2.24) is 20.3 Å². The number of carbonyl (C=O) groups excluding carboxylic acids is 2. The summed E-state index contributed by atoms with van der Waals surface area (Å²) in [6.45, 7) is 12.3. The molecule has 9 rings (SSSR count). The molecule has 1 fully saturated rings. The van der Waals surface area contributed by atoms with Crippen LogP contribution in [0.4, 0.5) is 0 Å². The summed E-state index contributed by atoms with van der Waals surface area (Å²) < 4.78 is 12.4. The second kappa shape index (κ2) is 20.4. The third-order valence-corrected chi connectivity index (χ3v) is 17.2. The summed E-state index contributed by atoms with van der Waals surface area (Å²) in [6, 6.07) is 54.3. The molecule has 362 valence electrons. The number of β-lactam (4-membered cyclic amide) rings is 1. The van der Waals surface area contributed by atoms with E-state index in [-0.39, 0.29) is 22.3 Å². The van der Waals surface area contributed by atoms with Crippen molar-refractivity contribution in [2.45, 2.75) is 84.6 Å². The number of thioether (sulfide) groups is 3.